The first-order chi connectivity index (χ1) is 8.26. The van der Waals surface area contributed by atoms with Crippen molar-refractivity contribution in [2.75, 3.05) is 0 Å². The van der Waals surface area contributed by atoms with Crippen molar-refractivity contribution in [3.63, 3.8) is 0 Å². The van der Waals surface area contributed by atoms with Crippen LogP contribution in [0.5, 0.6) is 0 Å². The van der Waals surface area contributed by atoms with Crippen LogP contribution in [0.15, 0.2) is 23.8 Å². The fraction of sp³-hybridized carbons (Fsp3) is 0.667. The molecule has 3 atom stereocenters. The van der Waals surface area contributed by atoms with E-state index in [9.17, 15) is 9.90 Å². The lowest BCUT2D eigenvalue weighted by atomic mass is 9.81. The minimum absolute atomic E-state index is 0.0249. The highest BCUT2D eigenvalue weighted by Gasteiger charge is 2.58. The molecule has 0 aromatic heterocycles. The molecule has 0 unspecified atom stereocenters. The number of aliphatic hydroxyl groups is 1. The van der Waals surface area contributed by atoms with Crippen LogP contribution in [-0.4, -0.2) is 28.7 Å². The monoisotopic (exact) mass is 250 g/mol. The zero-order valence-electron chi connectivity index (χ0n) is 11.6. The quantitative estimate of drug-likeness (QED) is 0.672. The Kier molecular flexibility index (Phi) is 3.24. The van der Waals surface area contributed by atoms with Crippen LogP contribution in [0.2, 0.25) is 0 Å². The van der Waals surface area contributed by atoms with Crippen LogP contribution in [0, 0.1) is 5.41 Å². The number of aliphatic hydroxyl groups excluding tert-OH is 1. The van der Waals surface area contributed by atoms with Crippen molar-refractivity contribution in [2.45, 2.75) is 58.3 Å². The molecular weight excluding hydrogens is 228 g/mol. The van der Waals surface area contributed by atoms with Gasteiger partial charge in [-0.25, -0.2) is 0 Å². The van der Waals surface area contributed by atoms with Crippen molar-refractivity contribution in [1.82, 2.24) is 0 Å². The second-order valence-electron chi connectivity index (χ2n) is 6.24. The van der Waals surface area contributed by atoms with E-state index in [1.54, 1.807) is 12.2 Å². The van der Waals surface area contributed by atoms with Gasteiger partial charge in [-0.2, -0.15) is 0 Å². The SMILES string of the molecule is CC1=CCC[C@@]2(C)O[C@@H]2[C@@H](O)C(C)(C)C=CC1=O. The molecule has 18 heavy (non-hydrogen) atoms. The van der Waals surface area contributed by atoms with Crippen LogP contribution in [-0.2, 0) is 9.53 Å². The molecule has 1 aliphatic heterocycles. The van der Waals surface area contributed by atoms with Gasteiger partial charge in [0, 0.05) is 5.41 Å². The third kappa shape index (κ3) is 2.43. The summed E-state index contributed by atoms with van der Waals surface area (Å²) in [5.41, 5.74) is 0.0662. The summed E-state index contributed by atoms with van der Waals surface area (Å²) >= 11 is 0. The molecule has 1 aliphatic carbocycles. The molecule has 0 aromatic rings. The van der Waals surface area contributed by atoms with E-state index >= 15 is 0 Å². The highest BCUT2D eigenvalue weighted by Crippen LogP contribution is 2.47. The molecule has 0 spiro atoms. The van der Waals surface area contributed by atoms with Gasteiger partial charge in [-0.15, -0.1) is 0 Å². The molecule has 1 fully saturated rings. The van der Waals surface area contributed by atoms with E-state index in [1.807, 2.05) is 33.8 Å². The van der Waals surface area contributed by atoms with Gasteiger partial charge in [0.25, 0.3) is 0 Å². The van der Waals surface area contributed by atoms with Crippen molar-refractivity contribution >= 4 is 5.78 Å². The standard InChI is InChI=1S/C15H22O3/c1-10-6-5-8-15(4)13(18-15)12(17)14(2,3)9-7-11(10)16/h6-7,9,12-13,17H,5,8H2,1-4H3/t12-,13-,15-/m1/s1. The number of epoxide rings is 1. The molecule has 100 valence electrons. The third-order valence-electron chi connectivity index (χ3n) is 4.13. The number of carbonyl (C=O) groups excluding carboxylic acids is 1. The van der Waals surface area contributed by atoms with Crippen LogP contribution in [0.1, 0.15) is 40.5 Å². The van der Waals surface area contributed by atoms with Gasteiger partial charge in [0.05, 0.1) is 11.7 Å². The minimum atomic E-state index is -0.579. The van der Waals surface area contributed by atoms with Gasteiger partial charge in [0.2, 0.25) is 0 Å². The van der Waals surface area contributed by atoms with Crippen molar-refractivity contribution in [2.24, 2.45) is 5.41 Å². The van der Waals surface area contributed by atoms with Gasteiger partial charge in [-0.3, -0.25) is 4.79 Å². The van der Waals surface area contributed by atoms with Crippen LogP contribution in [0.3, 0.4) is 0 Å². The van der Waals surface area contributed by atoms with Crippen molar-refractivity contribution in [1.29, 1.82) is 0 Å². The van der Waals surface area contributed by atoms with Crippen LogP contribution in [0.4, 0.5) is 0 Å². The van der Waals surface area contributed by atoms with Crippen LogP contribution < -0.4 is 0 Å². The molecule has 0 amide bonds. The van der Waals surface area contributed by atoms with Crippen molar-refractivity contribution in [3.8, 4) is 0 Å². The highest BCUT2D eigenvalue weighted by molar-refractivity contribution is 6.03. The molecule has 0 bridgehead atoms. The van der Waals surface area contributed by atoms with Crippen LogP contribution >= 0.6 is 0 Å². The Labute approximate surface area is 109 Å². The number of allylic oxidation sites excluding steroid dienone is 3. The molecule has 3 nitrogen and oxygen atoms in total. The largest absolute Gasteiger partial charge is 0.389 e. The molecule has 0 radical (unpaired) electrons. The summed E-state index contributed by atoms with van der Waals surface area (Å²) in [7, 11) is 0. The summed E-state index contributed by atoms with van der Waals surface area (Å²) in [6.45, 7) is 7.73. The van der Waals surface area contributed by atoms with Gasteiger partial charge in [0.15, 0.2) is 5.78 Å². The van der Waals surface area contributed by atoms with Gasteiger partial charge in [-0.05, 0) is 38.3 Å². The van der Waals surface area contributed by atoms with E-state index in [4.69, 9.17) is 4.74 Å². The summed E-state index contributed by atoms with van der Waals surface area (Å²) in [6.07, 6.45) is 6.27. The van der Waals surface area contributed by atoms with Crippen molar-refractivity contribution < 1.29 is 14.6 Å². The molecule has 0 saturated carbocycles. The first-order valence-corrected chi connectivity index (χ1v) is 6.52. The Morgan fingerprint density at radius 3 is 2.72 bits per heavy atom. The fourth-order valence-electron chi connectivity index (χ4n) is 2.44. The Hall–Kier alpha value is -0.930. The Balaban J connectivity index is 2.29. The third-order valence-corrected chi connectivity index (χ3v) is 4.13. The lowest BCUT2D eigenvalue weighted by Gasteiger charge is -2.26. The zero-order valence-corrected chi connectivity index (χ0v) is 11.6. The maximum Gasteiger partial charge on any atom is 0.180 e. The van der Waals surface area contributed by atoms with E-state index in [0.717, 1.165) is 18.4 Å². The normalized spacial score (nSPS) is 39.6. The van der Waals surface area contributed by atoms with Gasteiger partial charge < -0.3 is 9.84 Å². The van der Waals surface area contributed by atoms with E-state index in [1.165, 1.54) is 0 Å². The Morgan fingerprint density at radius 1 is 1.39 bits per heavy atom. The maximum absolute atomic E-state index is 11.8. The molecule has 3 heteroatoms. The molecule has 1 N–H and O–H groups in total. The second kappa shape index (κ2) is 4.32. The average Bonchev–Trinajstić information content (AvgIpc) is 2.96. The zero-order chi connectivity index (χ0) is 13.6. The summed E-state index contributed by atoms with van der Waals surface area (Å²) in [5.74, 6) is 0.0249. The topological polar surface area (TPSA) is 49.8 Å². The Morgan fingerprint density at radius 2 is 2.06 bits per heavy atom. The summed E-state index contributed by atoms with van der Waals surface area (Å²) < 4.78 is 5.69. The molecule has 2 aliphatic rings. The van der Waals surface area contributed by atoms with E-state index in [0.29, 0.717) is 0 Å². The molecule has 1 heterocycles. The minimum Gasteiger partial charge on any atom is -0.389 e. The predicted octanol–water partition coefficient (Wildman–Crippen LogP) is 2.40. The summed E-state index contributed by atoms with van der Waals surface area (Å²) in [4.78, 5) is 11.8. The van der Waals surface area contributed by atoms with Crippen LogP contribution in [0.25, 0.3) is 0 Å². The second-order valence-corrected chi connectivity index (χ2v) is 6.24. The lowest BCUT2D eigenvalue weighted by Crippen LogP contribution is -2.35. The van der Waals surface area contributed by atoms with Gasteiger partial charge in [0.1, 0.15) is 6.10 Å². The number of hydrogen-bond acceptors (Lipinski definition) is 3. The molecule has 0 aromatic carbocycles. The number of fused-ring (bicyclic) bond motifs is 1. The lowest BCUT2D eigenvalue weighted by molar-refractivity contribution is -0.111. The first kappa shape index (κ1) is 13.5. The number of carbonyl (C=O) groups is 1. The number of hydrogen-bond donors (Lipinski definition) is 1. The van der Waals surface area contributed by atoms with Gasteiger partial charge in [-0.1, -0.05) is 26.0 Å². The average molecular weight is 250 g/mol. The molecule has 1 saturated heterocycles. The summed E-state index contributed by atoms with van der Waals surface area (Å²) in [5, 5.41) is 10.4. The Bertz CT molecular complexity index is 419. The summed E-state index contributed by atoms with van der Waals surface area (Å²) in [6, 6.07) is 0. The van der Waals surface area contributed by atoms with E-state index in [-0.39, 0.29) is 17.5 Å². The van der Waals surface area contributed by atoms with E-state index < -0.39 is 11.5 Å². The fourth-order valence-corrected chi connectivity index (χ4v) is 2.44. The molecule has 2 rings (SSSR count). The first-order valence-electron chi connectivity index (χ1n) is 6.52. The maximum atomic E-state index is 11.8. The smallest absolute Gasteiger partial charge is 0.180 e. The van der Waals surface area contributed by atoms with Crippen molar-refractivity contribution in [3.05, 3.63) is 23.8 Å². The number of ether oxygens (including phenoxy) is 1. The number of rotatable bonds is 0. The van der Waals surface area contributed by atoms with Gasteiger partial charge >= 0.3 is 0 Å². The number of ketones is 1. The molecular formula is C15H22O3. The highest BCUT2D eigenvalue weighted by atomic mass is 16.6. The predicted molar refractivity (Wildman–Crippen MR) is 70.2 cm³/mol. The van der Waals surface area contributed by atoms with E-state index in [2.05, 4.69) is 0 Å².